The van der Waals surface area contributed by atoms with Crippen molar-refractivity contribution in [3.8, 4) is 5.75 Å². The number of hydrogen-bond donors (Lipinski definition) is 2. The molecular formula is C19H29N3O3. The molecule has 0 radical (unpaired) electrons. The topological polar surface area (TPSA) is 70.7 Å². The molecule has 0 bridgehead atoms. The van der Waals surface area contributed by atoms with E-state index in [2.05, 4.69) is 24.5 Å². The normalized spacial score (nSPS) is 20.0. The summed E-state index contributed by atoms with van der Waals surface area (Å²) in [6.07, 6.45) is 4.14. The molecule has 1 fully saturated rings. The monoisotopic (exact) mass is 347 g/mol. The highest BCUT2D eigenvalue weighted by Crippen LogP contribution is 2.23. The van der Waals surface area contributed by atoms with Crippen LogP contribution in [0, 0.1) is 0 Å². The quantitative estimate of drug-likeness (QED) is 0.829. The van der Waals surface area contributed by atoms with E-state index in [9.17, 15) is 9.59 Å². The van der Waals surface area contributed by atoms with Gasteiger partial charge in [-0.05, 0) is 51.7 Å². The molecule has 1 heterocycles. The molecule has 0 saturated carbocycles. The van der Waals surface area contributed by atoms with Crippen molar-refractivity contribution in [2.24, 2.45) is 0 Å². The molecule has 2 N–H and O–H groups in total. The number of urea groups is 1. The molecule has 6 nitrogen and oxygen atoms in total. The van der Waals surface area contributed by atoms with Crippen LogP contribution < -0.4 is 15.4 Å². The van der Waals surface area contributed by atoms with Gasteiger partial charge in [-0.1, -0.05) is 13.0 Å². The van der Waals surface area contributed by atoms with E-state index in [4.69, 9.17) is 4.74 Å². The van der Waals surface area contributed by atoms with Crippen molar-refractivity contribution in [1.82, 2.24) is 10.2 Å². The Morgan fingerprint density at radius 1 is 1.24 bits per heavy atom. The lowest BCUT2D eigenvalue weighted by molar-refractivity contribution is -0.139. The number of piperidine rings is 1. The molecule has 3 amide bonds. The Kier molecular flexibility index (Phi) is 7.10. The minimum Gasteiger partial charge on any atom is -0.484 e. The van der Waals surface area contributed by atoms with Gasteiger partial charge in [0.15, 0.2) is 6.61 Å². The Morgan fingerprint density at radius 3 is 2.64 bits per heavy atom. The fraction of sp³-hybridized carbons (Fsp3) is 0.579. The Balaban J connectivity index is 1.89. The number of carbonyl (C=O) groups is 2. The Labute approximate surface area is 149 Å². The van der Waals surface area contributed by atoms with Gasteiger partial charge in [0.2, 0.25) is 0 Å². The third kappa shape index (κ3) is 5.66. The zero-order valence-electron chi connectivity index (χ0n) is 15.4. The van der Waals surface area contributed by atoms with Gasteiger partial charge in [-0.3, -0.25) is 4.79 Å². The molecule has 0 aromatic heterocycles. The van der Waals surface area contributed by atoms with Crippen molar-refractivity contribution in [2.45, 2.75) is 58.5 Å². The number of ether oxygens (including phenoxy) is 1. The lowest BCUT2D eigenvalue weighted by atomic mass is 9.97. The van der Waals surface area contributed by atoms with Crippen LogP contribution >= 0.6 is 0 Å². The Hall–Kier alpha value is -2.24. The maximum Gasteiger partial charge on any atom is 0.319 e. The average molecular weight is 347 g/mol. The molecular weight excluding hydrogens is 318 g/mol. The number of rotatable bonds is 6. The van der Waals surface area contributed by atoms with E-state index >= 15 is 0 Å². The summed E-state index contributed by atoms with van der Waals surface area (Å²) in [7, 11) is 0. The maximum absolute atomic E-state index is 12.5. The summed E-state index contributed by atoms with van der Waals surface area (Å²) < 4.78 is 5.66. The van der Waals surface area contributed by atoms with Gasteiger partial charge >= 0.3 is 6.03 Å². The summed E-state index contributed by atoms with van der Waals surface area (Å²) in [5.74, 6) is 0.581. The summed E-state index contributed by atoms with van der Waals surface area (Å²) in [4.78, 5) is 26.1. The van der Waals surface area contributed by atoms with Gasteiger partial charge < -0.3 is 20.3 Å². The van der Waals surface area contributed by atoms with Gasteiger partial charge in [-0.25, -0.2) is 4.79 Å². The highest BCUT2D eigenvalue weighted by molar-refractivity contribution is 5.89. The molecule has 138 valence electrons. The minimum atomic E-state index is -0.244. The molecule has 1 aromatic carbocycles. The van der Waals surface area contributed by atoms with Crippen molar-refractivity contribution in [2.75, 3.05) is 18.5 Å². The van der Waals surface area contributed by atoms with Crippen molar-refractivity contribution >= 4 is 17.6 Å². The second-order valence-corrected chi connectivity index (χ2v) is 6.63. The van der Waals surface area contributed by atoms with E-state index in [1.807, 2.05) is 11.8 Å². The third-order valence-electron chi connectivity index (χ3n) is 4.47. The number of likely N-dealkylation sites (tertiary alicyclic amines) is 1. The predicted molar refractivity (Wildman–Crippen MR) is 98.9 cm³/mol. The molecule has 25 heavy (non-hydrogen) atoms. The average Bonchev–Trinajstić information content (AvgIpc) is 2.58. The molecule has 1 aliphatic rings. The number of carbonyl (C=O) groups excluding carboxylic acids is 2. The first-order valence-corrected chi connectivity index (χ1v) is 9.10. The van der Waals surface area contributed by atoms with Crippen LogP contribution in [0.25, 0.3) is 0 Å². The van der Waals surface area contributed by atoms with Gasteiger partial charge in [0.1, 0.15) is 5.75 Å². The van der Waals surface area contributed by atoms with Gasteiger partial charge in [-0.15, -0.1) is 0 Å². The highest BCUT2D eigenvalue weighted by Gasteiger charge is 2.28. The van der Waals surface area contributed by atoms with Crippen LogP contribution in [0.1, 0.15) is 46.5 Å². The van der Waals surface area contributed by atoms with E-state index in [1.165, 1.54) is 6.42 Å². The van der Waals surface area contributed by atoms with Gasteiger partial charge in [0.05, 0.1) is 0 Å². The Bertz CT molecular complexity index is 581. The number of amides is 3. The molecule has 0 spiro atoms. The fourth-order valence-electron chi connectivity index (χ4n) is 3.21. The predicted octanol–water partition coefficient (Wildman–Crippen LogP) is 3.39. The third-order valence-corrected chi connectivity index (χ3v) is 4.47. The van der Waals surface area contributed by atoms with E-state index < -0.39 is 0 Å². The summed E-state index contributed by atoms with van der Waals surface area (Å²) in [6.45, 7) is 6.82. The first kappa shape index (κ1) is 19.1. The molecule has 0 aliphatic carbocycles. The van der Waals surface area contributed by atoms with Crippen LogP contribution in [0.2, 0.25) is 0 Å². The lowest BCUT2D eigenvalue weighted by Gasteiger charge is -2.38. The first-order valence-electron chi connectivity index (χ1n) is 9.10. The largest absolute Gasteiger partial charge is 0.484 e. The van der Waals surface area contributed by atoms with E-state index in [0.717, 1.165) is 19.3 Å². The summed E-state index contributed by atoms with van der Waals surface area (Å²) in [5, 5.41) is 5.51. The van der Waals surface area contributed by atoms with Crippen molar-refractivity contribution < 1.29 is 14.3 Å². The van der Waals surface area contributed by atoms with Gasteiger partial charge in [0, 0.05) is 30.4 Å². The van der Waals surface area contributed by atoms with Crippen molar-refractivity contribution in [3.63, 3.8) is 0 Å². The van der Waals surface area contributed by atoms with Crippen LogP contribution in [0.3, 0.4) is 0 Å². The van der Waals surface area contributed by atoms with Gasteiger partial charge in [-0.2, -0.15) is 0 Å². The molecule has 1 saturated heterocycles. The molecule has 2 atom stereocenters. The maximum atomic E-state index is 12.5. The second kappa shape index (κ2) is 9.30. The second-order valence-electron chi connectivity index (χ2n) is 6.63. The lowest BCUT2D eigenvalue weighted by Crippen LogP contribution is -2.49. The fourth-order valence-corrected chi connectivity index (χ4v) is 3.21. The van der Waals surface area contributed by atoms with Crippen LogP contribution in [0.5, 0.6) is 5.75 Å². The summed E-state index contributed by atoms with van der Waals surface area (Å²) >= 11 is 0. The van der Waals surface area contributed by atoms with Crippen molar-refractivity contribution in [3.05, 3.63) is 24.3 Å². The van der Waals surface area contributed by atoms with Crippen LogP contribution in [0.15, 0.2) is 24.3 Å². The standard InChI is InChI=1S/C19H29N3O3/c1-4-11-20-19(24)21-16-9-6-10-17(12-16)25-13-18(23)22-14(2)7-5-8-15(22)3/h6,9-10,12,14-15H,4-5,7-8,11,13H2,1-3H3,(H2,20,21,24). The summed E-state index contributed by atoms with van der Waals surface area (Å²) in [6, 6.07) is 7.36. The smallest absolute Gasteiger partial charge is 0.319 e. The van der Waals surface area contributed by atoms with Crippen molar-refractivity contribution in [1.29, 1.82) is 0 Å². The number of anilines is 1. The zero-order valence-corrected chi connectivity index (χ0v) is 15.4. The molecule has 2 rings (SSSR count). The highest BCUT2D eigenvalue weighted by atomic mass is 16.5. The van der Waals surface area contributed by atoms with Crippen LogP contribution in [-0.2, 0) is 4.79 Å². The summed E-state index contributed by atoms with van der Waals surface area (Å²) in [5.41, 5.74) is 0.637. The van der Waals surface area contributed by atoms with E-state index in [1.54, 1.807) is 24.3 Å². The SMILES string of the molecule is CCCNC(=O)Nc1cccc(OCC(=O)N2C(C)CCCC2C)c1. The van der Waals surface area contributed by atoms with Gasteiger partial charge in [0.25, 0.3) is 5.91 Å². The van der Waals surface area contributed by atoms with E-state index in [0.29, 0.717) is 18.0 Å². The molecule has 1 aliphatic heterocycles. The van der Waals surface area contributed by atoms with Crippen LogP contribution in [0.4, 0.5) is 10.5 Å². The zero-order chi connectivity index (χ0) is 18.2. The minimum absolute atomic E-state index is 0.0127. The molecule has 6 heteroatoms. The molecule has 2 unspecified atom stereocenters. The number of nitrogens with zero attached hydrogens (tertiary/aromatic N) is 1. The number of hydrogen-bond acceptors (Lipinski definition) is 3. The Morgan fingerprint density at radius 2 is 1.96 bits per heavy atom. The molecule has 1 aromatic rings. The van der Waals surface area contributed by atoms with E-state index in [-0.39, 0.29) is 30.6 Å². The first-order chi connectivity index (χ1) is 12.0. The van der Waals surface area contributed by atoms with Crippen LogP contribution in [-0.4, -0.2) is 42.1 Å². The number of benzene rings is 1. The number of nitrogens with one attached hydrogen (secondary N) is 2.